The number of para-hydroxylation sites is 1. The SMILES string of the molecule is CC(C)NC(=S)Nc1ccccc1Sc1ccccc1. The predicted octanol–water partition coefficient (Wildman–Crippen LogP) is 4.53. The van der Waals surface area contributed by atoms with Crippen molar-refractivity contribution in [2.75, 3.05) is 5.32 Å². The van der Waals surface area contributed by atoms with Gasteiger partial charge in [-0.2, -0.15) is 0 Å². The maximum atomic E-state index is 5.31. The number of anilines is 1. The molecule has 0 unspecified atom stereocenters. The molecule has 2 rings (SSSR count). The monoisotopic (exact) mass is 302 g/mol. The molecule has 0 heterocycles. The molecule has 4 heteroatoms. The lowest BCUT2D eigenvalue weighted by Crippen LogP contribution is -2.34. The largest absolute Gasteiger partial charge is 0.360 e. The highest BCUT2D eigenvalue weighted by Crippen LogP contribution is 2.33. The Morgan fingerprint density at radius 2 is 1.65 bits per heavy atom. The van der Waals surface area contributed by atoms with Crippen molar-refractivity contribution in [3.63, 3.8) is 0 Å². The van der Waals surface area contributed by atoms with Gasteiger partial charge in [0.1, 0.15) is 0 Å². The minimum Gasteiger partial charge on any atom is -0.360 e. The van der Waals surface area contributed by atoms with Gasteiger partial charge in [0, 0.05) is 15.8 Å². The average Bonchev–Trinajstić information content (AvgIpc) is 2.41. The van der Waals surface area contributed by atoms with Crippen LogP contribution in [0.5, 0.6) is 0 Å². The van der Waals surface area contributed by atoms with E-state index in [-0.39, 0.29) is 0 Å². The molecule has 0 spiro atoms. The number of benzene rings is 2. The Labute approximate surface area is 130 Å². The number of thiocarbonyl (C=S) groups is 1. The molecule has 0 saturated carbocycles. The van der Waals surface area contributed by atoms with E-state index in [9.17, 15) is 0 Å². The van der Waals surface area contributed by atoms with Gasteiger partial charge in [-0.1, -0.05) is 42.1 Å². The zero-order chi connectivity index (χ0) is 14.4. The van der Waals surface area contributed by atoms with Crippen molar-refractivity contribution in [1.82, 2.24) is 5.32 Å². The van der Waals surface area contributed by atoms with E-state index < -0.39 is 0 Å². The molecule has 0 aliphatic heterocycles. The molecule has 0 aliphatic carbocycles. The van der Waals surface area contributed by atoms with Crippen LogP contribution in [-0.4, -0.2) is 11.2 Å². The van der Waals surface area contributed by atoms with Gasteiger partial charge in [0.15, 0.2) is 5.11 Å². The van der Waals surface area contributed by atoms with E-state index in [4.69, 9.17) is 12.2 Å². The van der Waals surface area contributed by atoms with Crippen LogP contribution < -0.4 is 10.6 Å². The van der Waals surface area contributed by atoms with Crippen molar-refractivity contribution in [3.8, 4) is 0 Å². The lowest BCUT2D eigenvalue weighted by molar-refractivity contribution is 0.739. The molecule has 2 nitrogen and oxygen atoms in total. The first-order valence-corrected chi connectivity index (χ1v) is 7.77. The first-order chi connectivity index (χ1) is 9.65. The molecule has 0 atom stereocenters. The molecule has 2 aromatic carbocycles. The summed E-state index contributed by atoms with van der Waals surface area (Å²) in [5, 5.41) is 7.11. The van der Waals surface area contributed by atoms with Crippen LogP contribution in [0.2, 0.25) is 0 Å². The normalized spacial score (nSPS) is 10.3. The van der Waals surface area contributed by atoms with Crippen LogP contribution in [0.4, 0.5) is 5.69 Å². The minimum absolute atomic E-state index is 0.323. The quantitative estimate of drug-likeness (QED) is 0.810. The average molecular weight is 302 g/mol. The minimum atomic E-state index is 0.323. The molecule has 104 valence electrons. The fourth-order valence-corrected chi connectivity index (χ4v) is 2.96. The van der Waals surface area contributed by atoms with Crippen LogP contribution in [0.15, 0.2) is 64.4 Å². The van der Waals surface area contributed by atoms with Crippen molar-refractivity contribution in [3.05, 3.63) is 54.6 Å². The van der Waals surface area contributed by atoms with E-state index in [0.29, 0.717) is 11.2 Å². The van der Waals surface area contributed by atoms with Crippen molar-refractivity contribution in [2.24, 2.45) is 0 Å². The lowest BCUT2D eigenvalue weighted by Gasteiger charge is -2.15. The molecule has 0 bridgehead atoms. The summed E-state index contributed by atoms with van der Waals surface area (Å²) in [4.78, 5) is 2.37. The zero-order valence-corrected chi connectivity index (χ0v) is 13.2. The van der Waals surface area contributed by atoms with Crippen molar-refractivity contribution >= 4 is 34.8 Å². The van der Waals surface area contributed by atoms with E-state index >= 15 is 0 Å². The summed E-state index contributed by atoms with van der Waals surface area (Å²) < 4.78 is 0. The van der Waals surface area contributed by atoms with Crippen LogP contribution in [0.25, 0.3) is 0 Å². The number of rotatable bonds is 4. The number of nitrogens with one attached hydrogen (secondary N) is 2. The smallest absolute Gasteiger partial charge is 0.171 e. The van der Waals surface area contributed by atoms with Gasteiger partial charge in [-0.05, 0) is 50.3 Å². The van der Waals surface area contributed by atoms with Crippen LogP contribution in [0.1, 0.15) is 13.8 Å². The van der Waals surface area contributed by atoms with E-state index in [0.717, 1.165) is 10.6 Å². The summed E-state index contributed by atoms with van der Waals surface area (Å²) in [7, 11) is 0. The molecule has 0 radical (unpaired) electrons. The summed E-state index contributed by atoms with van der Waals surface area (Å²) in [6.45, 7) is 4.14. The second kappa shape index (κ2) is 7.31. The predicted molar refractivity (Wildman–Crippen MR) is 91.5 cm³/mol. The summed E-state index contributed by atoms with van der Waals surface area (Å²) in [5.74, 6) is 0. The van der Waals surface area contributed by atoms with Gasteiger partial charge < -0.3 is 10.6 Å². The Morgan fingerprint density at radius 1 is 1.00 bits per heavy atom. The summed E-state index contributed by atoms with van der Waals surface area (Å²) in [6, 6.07) is 18.8. The Kier molecular flexibility index (Phi) is 5.44. The van der Waals surface area contributed by atoms with Crippen molar-refractivity contribution < 1.29 is 0 Å². The standard InChI is InChI=1S/C16H18N2S2/c1-12(2)17-16(19)18-14-10-6-7-11-15(14)20-13-8-4-3-5-9-13/h3-12H,1-2H3,(H2,17,18,19). The van der Waals surface area contributed by atoms with Gasteiger partial charge in [-0.25, -0.2) is 0 Å². The molecule has 2 aromatic rings. The summed E-state index contributed by atoms with van der Waals surface area (Å²) >= 11 is 7.03. The molecule has 0 aromatic heterocycles. The maximum absolute atomic E-state index is 5.31. The second-order valence-electron chi connectivity index (χ2n) is 4.66. The molecular formula is C16H18N2S2. The molecule has 0 fully saturated rings. The molecule has 20 heavy (non-hydrogen) atoms. The Bertz CT molecular complexity index is 568. The molecule has 2 N–H and O–H groups in total. The first kappa shape index (κ1) is 14.9. The highest BCUT2D eigenvalue weighted by atomic mass is 32.2. The Hall–Kier alpha value is -1.52. The van der Waals surface area contributed by atoms with Crippen molar-refractivity contribution in [2.45, 2.75) is 29.7 Å². The number of hydrogen-bond donors (Lipinski definition) is 2. The fourth-order valence-electron chi connectivity index (χ4n) is 1.69. The fraction of sp³-hybridized carbons (Fsp3) is 0.188. The molecule has 0 saturated heterocycles. The Balaban J connectivity index is 2.12. The third-order valence-electron chi connectivity index (χ3n) is 2.53. The summed E-state index contributed by atoms with van der Waals surface area (Å²) in [6.07, 6.45) is 0. The third-order valence-corrected chi connectivity index (χ3v) is 3.83. The van der Waals surface area contributed by atoms with Gasteiger partial charge in [-0.15, -0.1) is 0 Å². The molecule has 0 aliphatic rings. The van der Waals surface area contributed by atoms with E-state index in [2.05, 4.69) is 42.7 Å². The van der Waals surface area contributed by atoms with E-state index in [1.54, 1.807) is 11.8 Å². The topological polar surface area (TPSA) is 24.1 Å². The Morgan fingerprint density at radius 3 is 2.35 bits per heavy atom. The van der Waals surface area contributed by atoms with Crippen LogP contribution in [-0.2, 0) is 0 Å². The van der Waals surface area contributed by atoms with Gasteiger partial charge in [0.25, 0.3) is 0 Å². The summed E-state index contributed by atoms with van der Waals surface area (Å²) in [5.41, 5.74) is 1.03. The van der Waals surface area contributed by atoms with Gasteiger partial charge in [-0.3, -0.25) is 0 Å². The zero-order valence-electron chi connectivity index (χ0n) is 11.6. The molecular weight excluding hydrogens is 284 g/mol. The van der Waals surface area contributed by atoms with Crippen LogP contribution in [0, 0.1) is 0 Å². The number of hydrogen-bond acceptors (Lipinski definition) is 2. The first-order valence-electron chi connectivity index (χ1n) is 6.54. The van der Waals surface area contributed by atoms with E-state index in [1.807, 2.05) is 36.4 Å². The third kappa shape index (κ3) is 4.54. The van der Waals surface area contributed by atoms with Crippen LogP contribution >= 0.6 is 24.0 Å². The molecule has 0 amide bonds. The van der Waals surface area contributed by atoms with E-state index in [1.165, 1.54) is 4.90 Å². The van der Waals surface area contributed by atoms with Gasteiger partial charge in [0.05, 0.1) is 5.69 Å². The second-order valence-corrected chi connectivity index (χ2v) is 6.19. The van der Waals surface area contributed by atoms with Gasteiger partial charge >= 0.3 is 0 Å². The highest BCUT2D eigenvalue weighted by molar-refractivity contribution is 7.99. The lowest BCUT2D eigenvalue weighted by atomic mass is 10.3. The van der Waals surface area contributed by atoms with Crippen LogP contribution in [0.3, 0.4) is 0 Å². The maximum Gasteiger partial charge on any atom is 0.171 e. The van der Waals surface area contributed by atoms with Gasteiger partial charge in [0.2, 0.25) is 0 Å². The highest BCUT2D eigenvalue weighted by Gasteiger charge is 2.06. The van der Waals surface area contributed by atoms with Crippen molar-refractivity contribution in [1.29, 1.82) is 0 Å².